The van der Waals surface area contributed by atoms with E-state index in [1.54, 1.807) is 0 Å². The summed E-state index contributed by atoms with van der Waals surface area (Å²) in [6, 6.07) is 0.771. The topological polar surface area (TPSA) is 35.9 Å². The van der Waals surface area contributed by atoms with E-state index in [1.807, 2.05) is 0 Å². The Kier molecular flexibility index (Phi) is 4.74. The van der Waals surface area contributed by atoms with Gasteiger partial charge in [-0.3, -0.25) is 9.80 Å². The number of aliphatic hydroxyl groups is 1. The number of hydrogen-bond acceptors (Lipinski definition) is 4. The van der Waals surface area contributed by atoms with Gasteiger partial charge in [0.05, 0.1) is 19.3 Å². The minimum atomic E-state index is -0.196. The molecule has 0 bridgehead atoms. The molecule has 0 aromatic heterocycles. The van der Waals surface area contributed by atoms with Crippen molar-refractivity contribution in [3.8, 4) is 0 Å². The molecule has 2 saturated heterocycles. The molecule has 3 rings (SSSR count). The van der Waals surface area contributed by atoms with Crippen molar-refractivity contribution in [3.63, 3.8) is 0 Å². The van der Waals surface area contributed by atoms with Gasteiger partial charge in [0.15, 0.2) is 0 Å². The maximum absolute atomic E-state index is 10.3. The summed E-state index contributed by atoms with van der Waals surface area (Å²) < 4.78 is 5.35. The van der Waals surface area contributed by atoms with Gasteiger partial charge < -0.3 is 9.84 Å². The Bertz CT molecular complexity index is 281. The van der Waals surface area contributed by atoms with Gasteiger partial charge in [0, 0.05) is 32.2 Å². The second kappa shape index (κ2) is 6.53. The summed E-state index contributed by atoms with van der Waals surface area (Å²) in [4.78, 5) is 4.90. The number of ether oxygens (including phenoxy) is 1. The van der Waals surface area contributed by atoms with Crippen LogP contribution >= 0.6 is 0 Å². The highest BCUT2D eigenvalue weighted by atomic mass is 16.5. The smallest absolute Gasteiger partial charge is 0.0793 e. The average Bonchev–Trinajstić information content (AvgIpc) is 2.83. The van der Waals surface area contributed by atoms with Gasteiger partial charge >= 0.3 is 0 Å². The molecule has 2 heterocycles. The fourth-order valence-electron chi connectivity index (χ4n) is 4.14. The molecule has 4 heteroatoms. The Labute approximate surface area is 116 Å². The molecule has 19 heavy (non-hydrogen) atoms. The van der Waals surface area contributed by atoms with Crippen molar-refractivity contribution in [2.24, 2.45) is 5.92 Å². The van der Waals surface area contributed by atoms with Crippen LogP contribution in [0.3, 0.4) is 0 Å². The van der Waals surface area contributed by atoms with Crippen LogP contribution in [0.1, 0.15) is 32.1 Å². The highest BCUT2D eigenvalue weighted by molar-refractivity contribution is 4.90. The summed E-state index contributed by atoms with van der Waals surface area (Å²) in [7, 11) is 0. The van der Waals surface area contributed by atoms with Gasteiger partial charge in [0.2, 0.25) is 0 Å². The third kappa shape index (κ3) is 3.48. The Morgan fingerprint density at radius 1 is 1.00 bits per heavy atom. The number of likely N-dealkylation sites (tertiary alicyclic amines) is 1. The van der Waals surface area contributed by atoms with Crippen LogP contribution in [0, 0.1) is 5.92 Å². The van der Waals surface area contributed by atoms with Gasteiger partial charge in [-0.25, -0.2) is 0 Å². The van der Waals surface area contributed by atoms with E-state index in [4.69, 9.17) is 4.74 Å². The molecule has 0 radical (unpaired) electrons. The summed E-state index contributed by atoms with van der Waals surface area (Å²) in [6.07, 6.45) is 6.74. The zero-order valence-electron chi connectivity index (χ0n) is 12.0. The summed E-state index contributed by atoms with van der Waals surface area (Å²) in [6.45, 7) is 6.49. The van der Waals surface area contributed by atoms with Gasteiger partial charge in [0.1, 0.15) is 0 Å². The first-order chi connectivity index (χ1) is 9.33. The normalized spacial score (nSPS) is 35.2. The van der Waals surface area contributed by atoms with Gasteiger partial charge in [0.25, 0.3) is 0 Å². The Morgan fingerprint density at radius 2 is 1.79 bits per heavy atom. The standard InChI is InChI=1S/C15H28N2O2/c18-14(11-16-7-9-19-10-8-16)12-17-6-5-13-3-1-2-4-15(13)17/h13-15,18H,1-12H2. The van der Waals surface area contributed by atoms with Crippen LogP contribution in [-0.2, 0) is 4.74 Å². The Balaban J connectivity index is 1.45. The van der Waals surface area contributed by atoms with Gasteiger partial charge in [-0.2, -0.15) is 0 Å². The molecule has 2 aliphatic heterocycles. The maximum Gasteiger partial charge on any atom is 0.0793 e. The molecular weight excluding hydrogens is 240 g/mol. The van der Waals surface area contributed by atoms with Crippen LogP contribution in [0.5, 0.6) is 0 Å². The average molecular weight is 268 g/mol. The van der Waals surface area contributed by atoms with Crippen molar-refractivity contribution in [2.45, 2.75) is 44.2 Å². The molecule has 0 aromatic rings. The number of morpholine rings is 1. The van der Waals surface area contributed by atoms with Crippen molar-refractivity contribution in [1.29, 1.82) is 0 Å². The van der Waals surface area contributed by atoms with Crippen LogP contribution in [0.2, 0.25) is 0 Å². The fourth-order valence-corrected chi connectivity index (χ4v) is 4.14. The van der Waals surface area contributed by atoms with Crippen molar-refractivity contribution in [3.05, 3.63) is 0 Å². The summed E-state index contributed by atoms with van der Waals surface area (Å²) in [5.41, 5.74) is 0. The van der Waals surface area contributed by atoms with E-state index >= 15 is 0 Å². The lowest BCUT2D eigenvalue weighted by molar-refractivity contribution is 0.00409. The molecule has 3 unspecified atom stereocenters. The minimum Gasteiger partial charge on any atom is -0.390 e. The fraction of sp³-hybridized carbons (Fsp3) is 1.00. The predicted molar refractivity (Wildman–Crippen MR) is 75.2 cm³/mol. The summed E-state index contributed by atoms with van der Waals surface area (Å²) in [5.74, 6) is 0.921. The molecule has 3 fully saturated rings. The Morgan fingerprint density at radius 3 is 2.63 bits per heavy atom. The van der Waals surface area contributed by atoms with Crippen molar-refractivity contribution < 1.29 is 9.84 Å². The van der Waals surface area contributed by atoms with Crippen LogP contribution in [0.25, 0.3) is 0 Å². The minimum absolute atomic E-state index is 0.196. The number of hydrogen-bond donors (Lipinski definition) is 1. The molecular formula is C15H28N2O2. The highest BCUT2D eigenvalue weighted by Crippen LogP contribution is 2.36. The number of β-amino-alcohol motifs (C(OH)–C–C–N with tert-alkyl or cyclic N) is 1. The van der Waals surface area contributed by atoms with E-state index in [0.29, 0.717) is 0 Å². The molecule has 3 atom stereocenters. The molecule has 3 aliphatic rings. The third-order valence-electron chi connectivity index (χ3n) is 5.14. The molecule has 4 nitrogen and oxygen atoms in total. The predicted octanol–water partition coefficient (Wildman–Crippen LogP) is 0.944. The van der Waals surface area contributed by atoms with Crippen LogP contribution in [0.15, 0.2) is 0 Å². The number of nitrogens with zero attached hydrogens (tertiary/aromatic N) is 2. The van der Waals surface area contributed by atoms with E-state index in [9.17, 15) is 5.11 Å². The molecule has 0 amide bonds. The lowest BCUT2D eigenvalue weighted by atomic mass is 9.85. The van der Waals surface area contributed by atoms with E-state index in [0.717, 1.165) is 51.4 Å². The first-order valence-electron chi connectivity index (χ1n) is 8.05. The summed E-state index contributed by atoms with van der Waals surface area (Å²) in [5, 5.41) is 10.3. The van der Waals surface area contributed by atoms with Crippen LogP contribution in [-0.4, -0.2) is 73.0 Å². The van der Waals surface area contributed by atoms with Crippen molar-refractivity contribution in [1.82, 2.24) is 9.80 Å². The monoisotopic (exact) mass is 268 g/mol. The first kappa shape index (κ1) is 13.8. The van der Waals surface area contributed by atoms with E-state index < -0.39 is 0 Å². The zero-order valence-corrected chi connectivity index (χ0v) is 12.0. The van der Waals surface area contributed by atoms with E-state index in [1.165, 1.54) is 38.6 Å². The number of fused-ring (bicyclic) bond motifs is 1. The highest BCUT2D eigenvalue weighted by Gasteiger charge is 2.36. The van der Waals surface area contributed by atoms with Gasteiger partial charge in [-0.1, -0.05) is 12.8 Å². The number of aliphatic hydroxyl groups excluding tert-OH is 1. The zero-order chi connectivity index (χ0) is 13.1. The lowest BCUT2D eigenvalue weighted by Gasteiger charge is -2.34. The van der Waals surface area contributed by atoms with Gasteiger partial charge in [-0.15, -0.1) is 0 Å². The SMILES string of the molecule is OC(CN1CCOCC1)CN1CCC2CCCCC21. The molecule has 1 aliphatic carbocycles. The molecule has 0 spiro atoms. The van der Waals surface area contributed by atoms with E-state index in [-0.39, 0.29) is 6.10 Å². The second-order valence-corrected chi connectivity index (χ2v) is 6.46. The van der Waals surface area contributed by atoms with Gasteiger partial charge in [-0.05, 0) is 31.7 Å². The van der Waals surface area contributed by atoms with Crippen molar-refractivity contribution >= 4 is 0 Å². The lowest BCUT2D eigenvalue weighted by Crippen LogP contribution is -2.46. The van der Waals surface area contributed by atoms with Crippen LogP contribution < -0.4 is 0 Å². The Hall–Kier alpha value is -0.160. The van der Waals surface area contributed by atoms with E-state index in [2.05, 4.69) is 9.80 Å². The second-order valence-electron chi connectivity index (χ2n) is 6.46. The summed E-state index contributed by atoms with van der Waals surface area (Å²) >= 11 is 0. The maximum atomic E-state index is 10.3. The third-order valence-corrected chi connectivity index (χ3v) is 5.14. The van der Waals surface area contributed by atoms with Crippen LogP contribution in [0.4, 0.5) is 0 Å². The number of rotatable bonds is 4. The molecule has 110 valence electrons. The molecule has 1 N–H and O–H groups in total. The quantitative estimate of drug-likeness (QED) is 0.823. The van der Waals surface area contributed by atoms with Crippen molar-refractivity contribution in [2.75, 3.05) is 45.9 Å². The molecule has 1 saturated carbocycles. The molecule has 0 aromatic carbocycles. The largest absolute Gasteiger partial charge is 0.390 e. The first-order valence-corrected chi connectivity index (χ1v) is 8.05.